The molecule has 1 aliphatic carbocycles. The molecule has 3 N–H and O–H groups in total. The smallest absolute Gasteiger partial charge is 0.407 e. The summed E-state index contributed by atoms with van der Waals surface area (Å²) in [7, 11) is 0. The minimum atomic E-state index is -0.450. The summed E-state index contributed by atoms with van der Waals surface area (Å²) in [6, 6.07) is 0.395. The predicted octanol–water partition coefficient (Wildman–Crippen LogP) is 1.26. The molecule has 0 spiro atoms. The first-order valence-corrected chi connectivity index (χ1v) is 6.73. The molecule has 1 fully saturated rings. The van der Waals surface area contributed by atoms with Crippen molar-refractivity contribution in [1.29, 1.82) is 0 Å². The molecule has 0 aliphatic heterocycles. The fourth-order valence-corrected chi connectivity index (χ4v) is 2.33. The Morgan fingerprint density at radius 3 is 2.72 bits per heavy atom. The number of amides is 1. The van der Waals surface area contributed by atoms with Crippen molar-refractivity contribution in [3.63, 3.8) is 0 Å². The molecular weight excluding hydrogens is 232 g/mol. The Bertz CT molecular complexity index is 263. The van der Waals surface area contributed by atoms with E-state index in [2.05, 4.69) is 10.6 Å². The summed E-state index contributed by atoms with van der Waals surface area (Å²) in [5.41, 5.74) is -0.450. The molecular formula is C13H26N2O3. The maximum Gasteiger partial charge on any atom is 0.407 e. The SMILES string of the molecule is CC(C)(C)OC(=O)NCC1CCCC1NCCO. The van der Waals surface area contributed by atoms with E-state index in [1.807, 2.05) is 20.8 Å². The average molecular weight is 258 g/mol. The molecule has 1 saturated carbocycles. The highest BCUT2D eigenvalue weighted by molar-refractivity contribution is 5.67. The average Bonchev–Trinajstić information content (AvgIpc) is 2.68. The Hall–Kier alpha value is -0.810. The highest BCUT2D eigenvalue weighted by Crippen LogP contribution is 2.25. The van der Waals surface area contributed by atoms with Crippen LogP contribution in [0.5, 0.6) is 0 Å². The highest BCUT2D eigenvalue weighted by Gasteiger charge is 2.27. The van der Waals surface area contributed by atoms with E-state index in [1.165, 1.54) is 6.42 Å². The van der Waals surface area contributed by atoms with Crippen LogP contribution in [-0.4, -0.2) is 42.5 Å². The van der Waals surface area contributed by atoms with Crippen LogP contribution in [0.2, 0.25) is 0 Å². The van der Waals surface area contributed by atoms with E-state index >= 15 is 0 Å². The van der Waals surface area contributed by atoms with E-state index in [-0.39, 0.29) is 12.7 Å². The number of aliphatic hydroxyl groups excluding tert-OH is 1. The second-order valence-corrected chi connectivity index (χ2v) is 5.86. The topological polar surface area (TPSA) is 70.6 Å². The van der Waals surface area contributed by atoms with Crippen molar-refractivity contribution in [3.8, 4) is 0 Å². The van der Waals surface area contributed by atoms with E-state index in [1.54, 1.807) is 0 Å². The number of carbonyl (C=O) groups excluding carboxylic acids is 1. The van der Waals surface area contributed by atoms with E-state index < -0.39 is 5.60 Å². The molecule has 5 nitrogen and oxygen atoms in total. The molecule has 0 aromatic carbocycles. The molecule has 0 aromatic rings. The molecule has 106 valence electrons. The predicted molar refractivity (Wildman–Crippen MR) is 70.5 cm³/mol. The Balaban J connectivity index is 2.27. The summed E-state index contributed by atoms with van der Waals surface area (Å²) in [5.74, 6) is 0.434. The van der Waals surface area contributed by atoms with Gasteiger partial charge in [0.05, 0.1) is 6.61 Å². The molecule has 2 unspecified atom stereocenters. The van der Waals surface area contributed by atoms with Gasteiger partial charge in [0.25, 0.3) is 0 Å². The normalized spacial score (nSPS) is 24.0. The van der Waals surface area contributed by atoms with E-state index in [0.717, 1.165) is 12.8 Å². The molecule has 0 saturated heterocycles. The Labute approximate surface area is 109 Å². The van der Waals surface area contributed by atoms with Crippen LogP contribution in [0.15, 0.2) is 0 Å². The Morgan fingerprint density at radius 2 is 2.11 bits per heavy atom. The lowest BCUT2D eigenvalue weighted by Crippen LogP contribution is -2.41. The van der Waals surface area contributed by atoms with Crippen molar-refractivity contribution in [2.75, 3.05) is 19.7 Å². The zero-order valence-corrected chi connectivity index (χ0v) is 11.7. The van der Waals surface area contributed by atoms with Crippen molar-refractivity contribution >= 4 is 6.09 Å². The van der Waals surface area contributed by atoms with Crippen molar-refractivity contribution in [1.82, 2.24) is 10.6 Å². The van der Waals surface area contributed by atoms with Crippen LogP contribution in [0.1, 0.15) is 40.0 Å². The van der Waals surface area contributed by atoms with Gasteiger partial charge in [-0.1, -0.05) is 6.42 Å². The van der Waals surface area contributed by atoms with Crippen molar-refractivity contribution < 1.29 is 14.6 Å². The van der Waals surface area contributed by atoms with Crippen LogP contribution in [-0.2, 0) is 4.74 Å². The minimum absolute atomic E-state index is 0.155. The second-order valence-electron chi connectivity index (χ2n) is 5.86. The van der Waals surface area contributed by atoms with Crippen LogP contribution < -0.4 is 10.6 Å². The molecule has 18 heavy (non-hydrogen) atoms. The van der Waals surface area contributed by atoms with Crippen molar-refractivity contribution in [2.24, 2.45) is 5.92 Å². The lowest BCUT2D eigenvalue weighted by atomic mass is 10.0. The third-order valence-corrected chi connectivity index (χ3v) is 3.08. The van der Waals surface area contributed by atoms with Crippen molar-refractivity contribution in [3.05, 3.63) is 0 Å². The van der Waals surface area contributed by atoms with Crippen LogP contribution in [0.4, 0.5) is 4.79 Å². The van der Waals surface area contributed by atoms with Crippen LogP contribution in [0.3, 0.4) is 0 Å². The van der Waals surface area contributed by atoms with Gasteiger partial charge >= 0.3 is 6.09 Å². The summed E-state index contributed by atoms with van der Waals surface area (Å²) in [4.78, 5) is 11.5. The summed E-state index contributed by atoms with van der Waals surface area (Å²) in [6.07, 6.45) is 3.04. The first kappa shape index (κ1) is 15.2. The van der Waals surface area contributed by atoms with Gasteiger partial charge in [0.1, 0.15) is 5.60 Å². The third kappa shape index (κ3) is 5.69. The highest BCUT2D eigenvalue weighted by atomic mass is 16.6. The largest absolute Gasteiger partial charge is 0.444 e. The monoisotopic (exact) mass is 258 g/mol. The molecule has 1 aliphatic rings. The Kier molecular flexibility index (Phi) is 5.88. The maximum atomic E-state index is 11.5. The second kappa shape index (κ2) is 6.95. The van der Waals surface area contributed by atoms with Gasteiger partial charge in [-0.25, -0.2) is 4.79 Å². The first-order valence-electron chi connectivity index (χ1n) is 6.73. The first-order chi connectivity index (χ1) is 8.42. The van der Waals surface area contributed by atoms with Gasteiger partial charge in [-0.15, -0.1) is 0 Å². The van der Waals surface area contributed by atoms with Gasteiger partial charge in [0.2, 0.25) is 0 Å². The number of carbonyl (C=O) groups is 1. The van der Waals surface area contributed by atoms with Gasteiger partial charge in [-0.2, -0.15) is 0 Å². The lowest BCUT2D eigenvalue weighted by molar-refractivity contribution is 0.0517. The minimum Gasteiger partial charge on any atom is -0.444 e. The lowest BCUT2D eigenvalue weighted by Gasteiger charge is -2.23. The molecule has 0 bridgehead atoms. The zero-order valence-electron chi connectivity index (χ0n) is 11.7. The fourth-order valence-electron chi connectivity index (χ4n) is 2.33. The van der Waals surface area contributed by atoms with Gasteiger partial charge < -0.3 is 20.5 Å². The number of aliphatic hydroxyl groups is 1. The van der Waals surface area contributed by atoms with Gasteiger partial charge in [0.15, 0.2) is 0 Å². The molecule has 0 aromatic heterocycles. The zero-order chi connectivity index (χ0) is 13.6. The Morgan fingerprint density at radius 1 is 1.39 bits per heavy atom. The summed E-state index contributed by atoms with van der Waals surface area (Å²) in [6.45, 7) is 6.98. The van der Waals surface area contributed by atoms with Crippen LogP contribution in [0, 0.1) is 5.92 Å². The third-order valence-electron chi connectivity index (χ3n) is 3.08. The van der Waals surface area contributed by atoms with Crippen molar-refractivity contribution in [2.45, 2.75) is 51.7 Å². The van der Waals surface area contributed by atoms with Crippen LogP contribution >= 0.6 is 0 Å². The fraction of sp³-hybridized carbons (Fsp3) is 0.923. The summed E-state index contributed by atoms with van der Waals surface area (Å²) in [5, 5.41) is 14.9. The number of nitrogens with one attached hydrogen (secondary N) is 2. The van der Waals surface area contributed by atoms with E-state index in [4.69, 9.17) is 9.84 Å². The van der Waals surface area contributed by atoms with E-state index in [0.29, 0.717) is 25.0 Å². The van der Waals surface area contributed by atoms with Gasteiger partial charge in [-0.05, 0) is 39.5 Å². The number of hydrogen-bond acceptors (Lipinski definition) is 4. The standard InChI is InChI=1S/C13H26N2O3/c1-13(2,3)18-12(17)15-9-10-5-4-6-11(10)14-7-8-16/h10-11,14,16H,4-9H2,1-3H3,(H,15,17). The quantitative estimate of drug-likeness (QED) is 0.694. The maximum absolute atomic E-state index is 11.5. The molecule has 1 amide bonds. The number of alkyl carbamates (subject to hydrolysis) is 1. The molecule has 5 heteroatoms. The van der Waals surface area contributed by atoms with E-state index in [9.17, 15) is 4.79 Å². The van der Waals surface area contributed by atoms with Gasteiger partial charge in [-0.3, -0.25) is 0 Å². The summed E-state index contributed by atoms with van der Waals surface area (Å²) < 4.78 is 5.20. The van der Waals surface area contributed by atoms with Crippen LogP contribution in [0.25, 0.3) is 0 Å². The van der Waals surface area contributed by atoms with Gasteiger partial charge in [0, 0.05) is 19.1 Å². The summed E-state index contributed by atoms with van der Waals surface area (Å²) >= 11 is 0. The molecule has 0 radical (unpaired) electrons. The molecule has 0 heterocycles. The molecule has 2 atom stereocenters. The number of rotatable bonds is 5. The number of ether oxygens (including phenoxy) is 1. The molecule has 1 rings (SSSR count). The number of hydrogen-bond donors (Lipinski definition) is 3.